The third-order valence-corrected chi connectivity index (χ3v) is 13.3. The lowest BCUT2D eigenvalue weighted by Gasteiger charge is -2.33. The Morgan fingerprint density at radius 2 is 0.411 bits per heavy atom. The quantitative estimate of drug-likeness (QED) is 0.0567. The summed E-state index contributed by atoms with van der Waals surface area (Å²) in [7, 11) is 0. The summed E-state index contributed by atoms with van der Waals surface area (Å²) in [5, 5.41) is 0. The van der Waals surface area contributed by atoms with Crippen LogP contribution in [0.25, 0.3) is 0 Å². The minimum Gasteiger partial charge on any atom is -0.356 e. The fraction of sp³-hybridized carbons (Fsp3) is 0.963. The Labute approximate surface area is 356 Å². The van der Waals surface area contributed by atoms with E-state index < -0.39 is 0 Å². The molecule has 0 bridgehead atoms. The van der Waals surface area contributed by atoms with E-state index in [0.717, 1.165) is 0 Å². The van der Waals surface area contributed by atoms with E-state index >= 15 is 0 Å². The van der Waals surface area contributed by atoms with Crippen molar-refractivity contribution >= 4 is 0 Å². The third kappa shape index (κ3) is 36.4. The smallest absolute Gasteiger partial charge is 0.101 e. The molecule has 0 aromatic heterocycles. The van der Waals surface area contributed by atoms with Crippen LogP contribution in [-0.4, -0.2) is 29.1 Å². The molecule has 0 N–H and O–H groups in total. The topological polar surface area (TPSA) is 6.48 Å². The highest BCUT2D eigenvalue weighted by molar-refractivity contribution is 4.97. The number of hydrogen-bond acceptors (Lipinski definition) is 2. The third-order valence-electron chi connectivity index (χ3n) is 13.3. The predicted molar refractivity (Wildman–Crippen MR) is 256 cm³/mol. The summed E-state index contributed by atoms with van der Waals surface area (Å²) >= 11 is 0. The molecule has 56 heavy (non-hydrogen) atoms. The second-order valence-corrected chi connectivity index (χ2v) is 18.9. The van der Waals surface area contributed by atoms with Gasteiger partial charge in [0.15, 0.2) is 0 Å². The first kappa shape index (κ1) is 53.4. The SMILES string of the molecule is CCCCCCCCCCCCCCCCCCN1C=CN(CCCCCCCCCCCCCCCCC)C1CCCCCCCCCCCCCCCC. The number of unbranched alkanes of at least 4 members (excludes halogenated alkanes) is 42. The molecule has 0 aromatic carbocycles. The van der Waals surface area contributed by atoms with Crippen LogP contribution in [0.3, 0.4) is 0 Å². The molecule has 0 saturated carbocycles. The highest BCUT2D eigenvalue weighted by Gasteiger charge is 2.25. The van der Waals surface area contributed by atoms with Gasteiger partial charge in [0.25, 0.3) is 0 Å². The van der Waals surface area contributed by atoms with Crippen molar-refractivity contribution in [3.8, 4) is 0 Å². The Morgan fingerprint density at radius 3 is 0.625 bits per heavy atom. The van der Waals surface area contributed by atoms with Crippen molar-refractivity contribution in [1.29, 1.82) is 0 Å². The van der Waals surface area contributed by atoms with Gasteiger partial charge in [0.2, 0.25) is 0 Å². The van der Waals surface area contributed by atoms with E-state index in [4.69, 9.17) is 0 Å². The van der Waals surface area contributed by atoms with Crippen molar-refractivity contribution in [1.82, 2.24) is 9.80 Å². The van der Waals surface area contributed by atoms with Gasteiger partial charge in [0.05, 0.1) is 0 Å². The second-order valence-electron chi connectivity index (χ2n) is 18.9. The molecule has 1 aliphatic rings. The van der Waals surface area contributed by atoms with Gasteiger partial charge in [-0.3, -0.25) is 0 Å². The molecule has 0 aliphatic carbocycles. The zero-order valence-corrected chi connectivity index (χ0v) is 39.6. The van der Waals surface area contributed by atoms with Gasteiger partial charge in [-0.05, 0) is 25.7 Å². The highest BCUT2D eigenvalue weighted by Crippen LogP contribution is 2.24. The Balaban J connectivity index is 2.19. The molecule has 334 valence electrons. The van der Waals surface area contributed by atoms with Gasteiger partial charge in [-0.2, -0.15) is 0 Å². The fourth-order valence-corrected chi connectivity index (χ4v) is 9.37. The monoisotopic (exact) mass is 785 g/mol. The van der Waals surface area contributed by atoms with Gasteiger partial charge in [-0.1, -0.05) is 290 Å². The molecule has 1 unspecified atom stereocenters. The predicted octanol–water partition coefficient (Wildman–Crippen LogP) is 19.4. The Bertz CT molecular complexity index is 747. The molecule has 0 fully saturated rings. The molecule has 1 rings (SSSR count). The molecule has 0 radical (unpaired) electrons. The zero-order valence-electron chi connectivity index (χ0n) is 39.6. The first-order chi connectivity index (χ1) is 27.8. The van der Waals surface area contributed by atoms with Crippen LogP contribution in [-0.2, 0) is 0 Å². The van der Waals surface area contributed by atoms with E-state index in [1.165, 1.54) is 308 Å². The van der Waals surface area contributed by atoms with Crippen LogP contribution in [0.5, 0.6) is 0 Å². The molecule has 1 aliphatic heterocycles. The van der Waals surface area contributed by atoms with Crippen molar-refractivity contribution in [2.75, 3.05) is 13.1 Å². The molecule has 2 heteroatoms. The van der Waals surface area contributed by atoms with Gasteiger partial charge in [-0.15, -0.1) is 0 Å². The first-order valence-electron chi connectivity index (χ1n) is 27.0. The summed E-state index contributed by atoms with van der Waals surface area (Å²) in [6.07, 6.45) is 72.3. The van der Waals surface area contributed by atoms with E-state index in [1.807, 2.05) is 0 Å². The minimum atomic E-state index is 0.635. The summed E-state index contributed by atoms with van der Waals surface area (Å²) in [5.74, 6) is 0. The van der Waals surface area contributed by atoms with Crippen molar-refractivity contribution < 1.29 is 0 Å². The van der Waals surface area contributed by atoms with Crippen LogP contribution >= 0.6 is 0 Å². The van der Waals surface area contributed by atoms with Gasteiger partial charge >= 0.3 is 0 Å². The van der Waals surface area contributed by atoms with E-state index in [1.54, 1.807) is 0 Å². The van der Waals surface area contributed by atoms with Crippen LogP contribution < -0.4 is 0 Å². The average molecular weight is 785 g/mol. The van der Waals surface area contributed by atoms with Crippen molar-refractivity contribution in [3.63, 3.8) is 0 Å². The van der Waals surface area contributed by atoms with Crippen LogP contribution in [0, 0.1) is 0 Å². The maximum atomic E-state index is 2.75. The molecular weight excluding hydrogens is 677 g/mol. The summed E-state index contributed by atoms with van der Waals surface area (Å²) in [6, 6.07) is 0. The summed E-state index contributed by atoms with van der Waals surface area (Å²) < 4.78 is 0. The highest BCUT2D eigenvalue weighted by atomic mass is 15.4. The Hall–Kier alpha value is -0.660. The van der Waals surface area contributed by atoms with Gasteiger partial charge in [-0.25, -0.2) is 0 Å². The van der Waals surface area contributed by atoms with Crippen LogP contribution in [0.4, 0.5) is 0 Å². The summed E-state index contributed by atoms with van der Waals surface area (Å²) in [5.41, 5.74) is 0. The van der Waals surface area contributed by atoms with Gasteiger partial charge < -0.3 is 9.80 Å². The lowest BCUT2D eigenvalue weighted by Crippen LogP contribution is -2.39. The van der Waals surface area contributed by atoms with Gasteiger partial charge in [0, 0.05) is 25.5 Å². The molecule has 2 nitrogen and oxygen atoms in total. The lowest BCUT2D eigenvalue weighted by molar-refractivity contribution is 0.135. The molecule has 1 heterocycles. The largest absolute Gasteiger partial charge is 0.356 e. The second kappa shape index (κ2) is 45.4. The molecule has 1 atom stereocenters. The van der Waals surface area contributed by atoms with Crippen LogP contribution in [0.1, 0.15) is 316 Å². The Kier molecular flexibility index (Phi) is 43.3. The number of rotatable bonds is 48. The fourth-order valence-electron chi connectivity index (χ4n) is 9.37. The number of hydrogen-bond donors (Lipinski definition) is 0. The van der Waals surface area contributed by atoms with Crippen LogP contribution in [0.2, 0.25) is 0 Å². The Morgan fingerprint density at radius 1 is 0.232 bits per heavy atom. The first-order valence-corrected chi connectivity index (χ1v) is 27.0. The van der Waals surface area contributed by atoms with Gasteiger partial charge in [0.1, 0.15) is 6.17 Å². The van der Waals surface area contributed by atoms with E-state index in [9.17, 15) is 0 Å². The maximum Gasteiger partial charge on any atom is 0.101 e. The molecular formula is C54H108N2. The molecule has 0 aromatic rings. The standard InChI is InChI=1S/C54H108N2/c1-4-7-10-13-16-19-22-25-28-30-33-36-39-42-45-48-51-56-53-52-55(50-47-44-41-38-35-32-29-26-23-20-17-14-11-8-5-2)54(56)49-46-43-40-37-34-31-27-24-21-18-15-12-9-6-3/h52-54H,4-51H2,1-3H3. The van der Waals surface area contributed by atoms with Crippen LogP contribution in [0.15, 0.2) is 12.4 Å². The zero-order chi connectivity index (χ0) is 40.1. The summed E-state index contributed by atoms with van der Waals surface area (Å²) in [4.78, 5) is 5.49. The van der Waals surface area contributed by atoms with Crippen molar-refractivity contribution in [3.05, 3.63) is 12.4 Å². The maximum absolute atomic E-state index is 2.75. The minimum absolute atomic E-state index is 0.635. The lowest BCUT2D eigenvalue weighted by atomic mass is 10.0. The van der Waals surface area contributed by atoms with Crippen molar-refractivity contribution in [2.45, 2.75) is 322 Å². The molecule has 0 spiro atoms. The summed E-state index contributed by atoms with van der Waals surface area (Å²) in [6.45, 7) is 9.50. The van der Waals surface area contributed by atoms with Crippen molar-refractivity contribution in [2.24, 2.45) is 0 Å². The van der Waals surface area contributed by atoms with E-state index in [2.05, 4.69) is 43.0 Å². The van der Waals surface area contributed by atoms with E-state index in [-0.39, 0.29) is 0 Å². The molecule has 0 saturated heterocycles. The normalized spacial score (nSPS) is 14.2. The average Bonchev–Trinajstić information content (AvgIpc) is 3.59. The van der Waals surface area contributed by atoms with E-state index in [0.29, 0.717) is 6.17 Å². The molecule has 0 amide bonds. The number of nitrogens with zero attached hydrogens (tertiary/aromatic N) is 2.